The molecular weight excluding hydrogens is 513 g/mol. The number of carbonyl (C=O) groups is 2. The Morgan fingerprint density at radius 3 is 2.60 bits per heavy atom. The minimum absolute atomic E-state index is 0.0885. The van der Waals surface area contributed by atoms with Gasteiger partial charge in [-0.25, -0.2) is 9.67 Å². The molecular formula is C23H23Cl2N5O4S. The van der Waals surface area contributed by atoms with Crippen molar-refractivity contribution in [2.75, 3.05) is 16.8 Å². The number of aryl methyl sites for hydroxylation is 1. The number of amides is 2. The molecule has 1 aliphatic rings. The fourth-order valence-corrected chi connectivity index (χ4v) is 4.83. The van der Waals surface area contributed by atoms with Crippen molar-refractivity contribution < 1.29 is 18.5 Å². The zero-order chi connectivity index (χ0) is 25.3. The largest absolute Gasteiger partial charge is 0.471 e. The van der Waals surface area contributed by atoms with Crippen LogP contribution in [0.5, 0.6) is 5.88 Å². The number of nitrogens with zero attached hydrogens (tertiary/aromatic N) is 3. The van der Waals surface area contributed by atoms with Gasteiger partial charge in [-0.2, -0.15) is 0 Å². The molecule has 3 aromatic rings. The van der Waals surface area contributed by atoms with Crippen molar-refractivity contribution in [3.63, 3.8) is 0 Å². The second-order valence-electron chi connectivity index (χ2n) is 8.33. The van der Waals surface area contributed by atoms with Gasteiger partial charge in [-0.05, 0) is 50.6 Å². The van der Waals surface area contributed by atoms with Gasteiger partial charge >= 0.3 is 0 Å². The van der Waals surface area contributed by atoms with Crippen LogP contribution in [0.4, 0.5) is 5.69 Å². The molecule has 0 spiro atoms. The average molecular weight is 536 g/mol. The number of benzene rings is 1. The molecule has 2 aromatic heterocycles. The number of carbonyl (C=O) groups excluding carboxylic acids is 2. The van der Waals surface area contributed by atoms with Gasteiger partial charge in [0.25, 0.3) is 11.8 Å². The maximum absolute atomic E-state index is 13.5. The maximum atomic E-state index is 13.5. The minimum Gasteiger partial charge on any atom is -0.471 e. The maximum Gasteiger partial charge on any atom is 0.274 e. The fraction of sp³-hybridized carbons (Fsp3) is 0.304. The number of hydrogen-bond acceptors (Lipinski definition) is 6. The fourth-order valence-electron chi connectivity index (χ4n) is 3.48. The smallest absolute Gasteiger partial charge is 0.274 e. The Bertz CT molecular complexity index is 1320. The number of nitrogens with one attached hydrogen (secondary N) is 2. The predicted molar refractivity (Wildman–Crippen MR) is 135 cm³/mol. The molecule has 0 aliphatic carbocycles. The average Bonchev–Trinajstić information content (AvgIpc) is 3.18. The van der Waals surface area contributed by atoms with Gasteiger partial charge in [-0.15, -0.1) is 5.10 Å². The van der Waals surface area contributed by atoms with Crippen LogP contribution in [0.1, 0.15) is 40.3 Å². The Morgan fingerprint density at radius 1 is 1.20 bits per heavy atom. The summed E-state index contributed by atoms with van der Waals surface area (Å²) in [6.07, 6.45) is 1.27. The summed E-state index contributed by atoms with van der Waals surface area (Å²) in [6, 6.07) is 7.79. The first-order chi connectivity index (χ1) is 16.6. The van der Waals surface area contributed by atoms with Crippen molar-refractivity contribution >= 4 is 51.5 Å². The number of halogens is 2. The number of hydrogen-bond donors (Lipinski definition) is 2. The summed E-state index contributed by atoms with van der Waals surface area (Å²) < 4.78 is 18.5. The highest BCUT2D eigenvalue weighted by atomic mass is 35.5. The molecule has 184 valence electrons. The van der Waals surface area contributed by atoms with Gasteiger partial charge in [0, 0.05) is 34.1 Å². The van der Waals surface area contributed by atoms with E-state index in [0.29, 0.717) is 27.8 Å². The van der Waals surface area contributed by atoms with E-state index in [2.05, 4.69) is 20.7 Å². The summed E-state index contributed by atoms with van der Waals surface area (Å²) in [4.78, 5) is 30.5. The Morgan fingerprint density at radius 2 is 1.94 bits per heavy atom. The summed E-state index contributed by atoms with van der Waals surface area (Å²) >= 11 is 12.5. The molecule has 3 heterocycles. The highest BCUT2D eigenvalue weighted by Gasteiger charge is 2.30. The predicted octanol–water partition coefficient (Wildman–Crippen LogP) is 3.78. The molecule has 1 aromatic carbocycles. The summed E-state index contributed by atoms with van der Waals surface area (Å²) in [5.41, 5.74) is 1.24. The third kappa shape index (κ3) is 5.66. The number of rotatable bonds is 7. The van der Waals surface area contributed by atoms with Crippen molar-refractivity contribution in [1.29, 1.82) is 0 Å². The van der Waals surface area contributed by atoms with Crippen molar-refractivity contribution in [2.45, 2.75) is 32.9 Å². The van der Waals surface area contributed by atoms with Gasteiger partial charge in [0.1, 0.15) is 11.8 Å². The zero-order valence-electron chi connectivity index (χ0n) is 19.2. The van der Waals surface area contributed by atoms with Crippen molar-refractivity contribution in [3.8, 4) is 11.7 Å². The topological polar surface area (TPSA) is 115 Å². The molecule has 1 fully saturated rings. The molecule has 0 unspecified atom stereocenters. The molecule has 35 heavy (non-hydrogen) atoms. The molecule has 0 saturated carbocycles. The molecule has 2 N–H and O–H groups in total. The lowest BCUT2D eigenvalue weighted by Gasteiger charge is -2.24. The molecule has 1 aliphatic heterocycles. The van der Waals surface area contributed by atoms with Gasteiger partial charge < -0.3 is 15.4 Å². The minimum atomic E-state index is -0.907. The summed E-state index contributed by atoms with van der Waals surface area (Å²) in [6.45, 7) is 5.41. The number of ether oxygens (including phenoxy) is 1. The third-order valence-corrected chi connectivity index (χ3v) is 7.09. The van der Waals surface area contributed by atoms with E-state index in [4.69, 9.17) is 27.9 Å². The number of anilines is 1. The third-order valence-electron chi connectivity index (χ3n) is 5.09. The SMILES string of the molecule is Cc1cc(Cl)cc(C(=O)NC(C)C)c1NC(=O)c1cc(OC2CS(=O)C2)nn1-c1ncccc1Cl. The lowest BCUT2D eigenvalue weighted by molar-refractivity contribution is 0.0944. The number of pyridine rings is 1. The molecule has 2 amide bonds. The van der Waals surface area contributed by atoms with E-state index in [0.717, 1.165) is 0 Å². The Balaban J connectivity index is 1.71. The first kappa shape index (κ1) is 25.2. The molecule has 1 saturated heterocycles. The highest BCUT2D eigenvalue weighted by Crippen LogP contribution is 2.28. The van der Waals surface area contributed by atoms with Crippen LogP contribution < -0.4 is 15.4 Å². The zero-order valence-corrected chi connectivity index (χ0v) is 21.5. The lowest BCUT2D eigenvalue weighted by atomic mass is 10.1. The molecule has 0 atom stereocenters. The van der Waals surface area contributed by atoms with Gasteiger partial charge in [-0.1, -0.05) is 23.2 Å². The quantitative estimate of drug-likeness (QED) is 0.475. The van der Waals surface area contributed by atoms with Crippen molar-refractivity contribution in [2.24, 2.45) is 0 Å². The monoisotopic (exact) mass is 535 g/mol. The second-order valence-corrected chi connectivity index (χ2v) is 10.7. The van der Waals surface area contributed by atoms with Crippen molar-refractivity contribution in [3.05, 3.63) is 63.4 Å². The summed E-state index contributed by atoms with van der Waals surface area (Å²) in [5.74, 6) is 0.272. The van der Waals surface area contributed by atoms with Crippen LogP contribution in [0.3, 0.4) is 0 Å². The van der Waals surface area contributed by atoms with Gasteiger partial charge in [0.15, 0.2) is 5.82 Å². The molecule has 9 nitrogen and oxygen atoms in total. The highest BCUT2D eigenvalue weighted by molar-refractivity contribution is 7.86. The van der Waals surface area contributed by atoms with Crippen LogP contribution in [0, 0.1) is 6.92 Å². The van der Waals surface area contributed by atoms with Gasteiger partial charge in [-0.3, -0.25) is 13.8 Å². The standard InChI is InChI=1S/C23H23Cl2N5O4S/c1-12(2)27-22(31)16-8-14(24)7-13(3)20(16)28-23(32)18-9-19(34-15-10-35(33)11-15)29-30(18)21-17(25)5-4-6-26-21/h4-9,12,15H,10-11H2,1-3H3,(H,27,31)(H,28,32). The van der Waals surface area contributed by atoms with E-state index in [1.807, 2.05) is 13.8 Å². The van der Waals surface area contributed by atoms with Crippen LogP contribution in [-0.2, 0) is 10.8 Å². The van der Waals surface area contributed by atoms with Crippen molar-refractivity contribution in [1.82, 2.24) is 20.1 Å². The number of aromatic nitrogens is 3. The normalized spacial score (nSPS) is 17.1. The summed E-state index contributed by atoms with van der Waals surface area (Å²) in [7, 11) is -0.907. The van der Waals surface area contributed by atoms with Gasteiger partial charge in [0.05, 0.1) is 27.8 Å². The van der Waals surface area contributed by atoms with Crippen LogP contribution >= 0.6 is 23.2 Å². The van der Waals surface area contributed by atoms with Crippen LogP contribution in [0.15, 0.2) is 36.5 Å². The Hall–Kier alpha value is -2.95. The molecule has 0 radical (unpaired) electrons. The van der Waals surface area contributed by atoms with E-state index < -0.39 is 16.7 Å². The van der Waals surface area contributed by atoms with Gasteiger partial charge in [0.2, 0.25) is 5.88 Å². The second kappa shape index (κ2) is 10.3. The molecule has 12 heteroatoms. The Labute approximate surface area is 214 Å². The first-order valence-corrected chi connectivity index (χ1v) is 13.0. The Kier molecular flexibility index (Phi) is 7.44. The van der Waals surface area contributed by atoms with E-state index >= 15 is 0 Å². The lowest BCUT2D eigenvalue weighted by Crippen LogP contribution is -2.41. The van der Waals surface area contributed by atoms with Crippen LogP contribution in [-0.4, -0.2) is 54.4 Å². The summed E-state index contributed by atoms with van der Waals surface area (Å²) in [5, 5.41) is 10.6. The van der Waals surface area contributed by atoms with Crippen LogP contribution in [0.25, 0.3) is 5.82 Å². The first-order valence-electron chi connectivity index (χ1n) is 10.8. The van der Waals surface area contributed by atoms with E-state index in [9.17, 15) is 13.8 Å². The van der Waals surface area contributed by atoms with Crippen LogP contribution in [0.2, 0.25) is 10.0 Å². The van der Waals surface area contributed by atoms with E-state index in [1.54, 1.807) is 25.1 Å². The molecule has 0 bridgehead atoms. The molecule has 4 rings (SSSR count). The van der Waals surface area contributed by atoms with E-state index in [-0.39, 0.29) is 46.0 Å². The van der Waals surface area contributed by atoms with E-state index in [1.165, 1.54) is 23.0 Å².